The van der Waals surface area contributed by atoms with Crippen LogP contribution in [-0.4, -0.2) is 23.2 Å². The fourth-order valence-corrected chi connectivity index (χ4v) is 1.95. The first-order chi connectivity index (χ1) is 7.12. The lowest BCUT2D eigenvalue weighted by molar-refractivity contribution is 0.105. The standard InChI is InChI=1S/C11H15ClN2O/c1-8-11(2,4-6-15-8)14-10-3-5-13-7-9(10)12/h3,5,7-8H,4,6H2,1-2H3,(H,13,14). The number of anilines is 1. The molecule has 0 amide bonds. The topological polar surface area (TPSA) is 34.1 Å². The summed E-state index contributed by atoms with van der Waals surface area (Å²) in [6.07, 6.45) is 4.57. The maximum atomic E-state index is 6.05. The van der Waals surface area contributed by atoms with E-state index in [1.54, 1.807) is 12.4 Å². The number of halogens is 1. The normalized spacial score (nSPS) is 30.5. The van der Waals surface area contributed by atoms with Gasteiger partial charge in [-0.05, 0) is 26.3 Å². The first kappa shape index (κ1) is 10.7. The Kier molecular flexibility index (Phi) is 2.85. The molecule has 2 unspecified atom stereocenters. The lowest BCUT2D eigenvalue weighted by Crippen LogP contribution is -2.41. The van der Waals surface area contributed by atoms with E-state index in [-0.39, 0.29) is 11.6 Å². The molecule has 0 saturated carbocycles. The van der Waals surface area contributed by atoms with Gasteiger partial charge >= 0.3 is 0 Å². The third-order valence-corrected chi connectivity index (χ3v) is 3.38. The van der Waals surface area contributed by atoms with E-state index in [9.17, 15) is 0 Å². The summed E-state index contributed by atoms with van der Waals surface area (Å²) in [5.74, 6) is 0. The van der Waals surface area contributed by atoms with E-state index in [1.807, 2.05) is 6.07 Å². The second-order valence-corrected chi connectivity index (χ2v) is 4.57. The van der Waals surface area contributed by atoms with Crippen LogP contribution < -0.4 is 5.32 Å². The second-order valence-electron chi connectivity index (χ2n) is 4.16. The van der Waals surface area contributed by atoms with E-state index >= 15 is 0 Å². The minimum atomic E-state index is -0.0367. The molecule has 1 N–H and O–H groups in total. The van der Waals surface area contributed by atoms with Crippen molar-refractivity contribution in [1.29, 1.82) is 0 Å². The molecule has 1 aliphatic rings. The van der Waals surface area contributed by atoms with Crippen molar-refractivity contribution in [2.45, 2.75) is 31.9 Å². The summed E-state index contributed by atoms with van der Waals surface area (Å²) in [7, 11) is 0. The molecule has 2 rings (SSSR count). The highest BCUT2D eigenvalue weighted by Gasteiger charge is 2.37. The molecule has 0 aromatic carbocycles. The van der Waals surface area contributed by atoms with Crippen molar-refractivity contribution in [1.82, 2.24) is 4.98 Å². The fourth-order valence-electron chi connectivity index (χ4n) is 1.78. The minimum Gasteiger partial charge on any atom is -0.376 e. The monoisotopic (exact) mass is 226 g/mol. The number of aromatic nitrogens is 1. The molecule has 1 aromatic rings. The van der Waals surface area contributed by atoms with Crippen LogP contribution in [0.3, 0.4) is 0 Å². The molecule has 0 aliphatic carbocycles. The van der Waals surface area contributed by atoms with Crippen LogP contribution in [0.25, 0.3) is 0 Å². The number of hydrogen-bond acceptors (Lipinski definition) is 3. The van der Waals surface area contributed by atoms with Gasteiger partial charge in [0.15, 0.2) is 0 Å². The van der Waals surface area contributed by atoms with Gasteiger partial charge in [0, 0.05) is 19.0 Å². The Hall–Kier alpha value is -0.800. The Morgan fingerprint density at radius 2 is 2.47 bits per heavy atom. The van der Waals surface area contributed by atoms with Crippen LogP contribution in [0.5, 0.6) is 0 Å². The molecule has 2 atom stereocenters. The van der Waals surface area contributed by atoms with E-state index in [2.05, 4.69) is 24.1 Å². The fraction of sp³-hybridized carbons (Fsp3) is 0.545. The first-order valence-corrected chi connectivity index (χ1v) is 5.49. The summed E-state index contributed by atoms with van der Waals surface area (Å²) in [4.78, 5) is 3.96. The summed E-state index contributed by atoms with van der Waals surface area (Å²) in [6.45, 7) is 5.03. The van der Waals surface area contributed by atoms with Crippen molar-refractivity contribution in [2.24, 2.45) is 0 Å². The Bertz CT molecular complexity index is 358. The highest BCUT2D eigenvalue weighted by Crippen LogP contribution is 2.31. The molecule has 2 heterocycles. The molecular formula is C11H15ClN2O. The van der Waals surface area contributed by atoms with E-state index < -0.39 is 0 Å². The predicted octanol–water partition coefficient (Wildman–Crippen LogP) is 2.71. The quantitative estimate of drug-likeness (QED) is 0.842. The van der Waals surface area contributed by atoms with Crippen molar-refractivity contribution >= 4 is 17.3 Å². The molecule has 1 aliphatic heterocycles. The zero-order chi connectivity index (χ0) is 10.9. The van der Waals surface area contributed by atoms with E-state index in [0.717, 1.165) is 18.7 Å². The third-order valence-electron chi connectivity index (χ3n) is 3.08. The van der Waals surface area contributed by atoms with Gasteiger partial charge in [0.1, 0.15) is 0 Å². The number of nitrogens with one attached hydrogen (secondary N) is 1. The van der Waals surface area contributed by atoms with Crippen molar-refractivity contribution < 1.29 is 4.74 Å². The Balaban J connectivity index is 2.18. The molecule has 0 radical (unpaired) electrons. The van der Waals surface area contributed by atoms with Crippen LogP contribution in [0.4, 0.5) is 5.69 Å². The summed E-state index contributed by atoms with van der Waals surface area (Å²) >= 11 is 6.05. The van der Waals surface area contributed by atoms with Crippen LogP contribution in [0.2, 0.25) is 5.02 Å². The molecule has 0 spiro atoms. The summed E-state index contributed by atoms with van der Waals surface area (Å²) < 4.78 is 5.56. The molecule has 1 saturated heterocycles. The van der Waals surface area contributed by atoms with Crippen molar-refractivity contribution in [3.8, 4) is 0 Å². The SMILES string of the molecule is CC1OCCC1(C)Nc1ccncc1Cl. The van der Waals surface area contributed by atoms with Gasteiger partial charge in [0.25, 0.3) is 0 Å². The van der Waals surface area contributed by atoms with Crippen LogP contribution >= 0.6 is 11.6 Å². The molecule has 1 fully saturated rings. The Morgan fingerprint density at radius 3 is 3.07 bits per heavy atom. The largest absolute Gasteiger partial charge is 0.376 e. The number of pyridine rings is 1. The minimum absolute atomic E-state index is 0.0367. The third kappa shape index (κ3) is 2.08. The zero-order valence-corrected chi connectivity index (χ0v) is 9.71. The average Bonchev–Trinajstić information content (AvgIpc) is 2.51. The Morgan fingerprint density at radius 1 is 1.67 bits per heavy atom. The number of hydrogen-bond donors (Lipinski definition) is 1. The highest BCUT2D eigenvalue weighted by molar-refractivity contribution is 6.33. The van der Waals surface area contributed by atoms with Gasteiger partial charge in [-0.25, -0.2) is 0 Å². The maximum Gasteiger partial charge on any atom is 0.0820 e. The first-order valence-electron chi connectivity index (χ1n) is 5.11. The van der Waals surface area contributed by atoms with Crippen LogP contribution in [0.15, 0.2) is 18.5 Å². The second kappa shape index (κ2) is 3.99. The molecule has 4 heteroatoms. The lowest BCUT2D eigenvalue weighted by Gasteiger charge is -2.30. The molecule has 82 valence electrons. The van der Waals surface area contributed by atoms with Gasteiger partial charge < -0.3 is 10.1 Å². The van der Waals surface area contributed by atoms with E-state index in [1.165, 1.54) is 0 Å². The molecule has 0 bridgehead atoms. The number of rotatable bonds is 2. The molecular weight excluding hydrogens is 212 g/mol. The van der Waals surface area contributed by atoms with E-state index in [0.29, 0.717) is 5.02 Å². The maximum absolute atomic E-state index is 6.05. The summed E-state index contributed by atoms with van der Waals surface area (Å²) in [5.41, 5.74) is 0.886. The van der Waals surface area contributed by atoms with Crippen molar-refractivity contribution in [3.05, 3.63) is 23.5 Å². The van der Waals surface area contributed by atoms with Gasteiger partial charge in [0.2, 0.25) is 0 Å². The Labute approximate surface area is 94.8 Å². The van der Waals surface area contributed by atoms with Crippen LogP contribution in [0, 0.1) is 0 Å². The van der Waals surface area contributed by atoms with Gasteiger partial charge in [-0.15, -0.1) is 0 Å². The molecule has 3 nitrogen and oxygen atoms in total. The van der Waals surface area contributed by atoms with Crippen LogP contribution in [-0.2, 0) is 4.74 Å². The molecule has 15 heavy (non-hydrogen) atoms. The number of ether oxygens (including phenoxy) is 1. The predicted molar refractivity (Wildman–Crippen MR) is 61.3 cm³/mol. The van der Waals surface area contributed by atoms with Gasteiger partial charge in [0.05, 0.1) is 22.4 Å². The number of nitrogens with zero attached hydrogens (tertiary/aromatic N) is 1. The summed E-state index contributed by atoms with van der Waals surface area (Å²) in [6, 6.07) is 1.89. The summed E-state index contributed by atoms with van der Waals surface area (Å²) in [5, 5.41) is 4.09. The van der Waals surface area contributed by atoms with Crippen molar-refractivity contribution in [3.63, 3.8) is 0 Å². The lowest BCUT2D eigenvalue weighted by atomic mass is 9.94. The van der Waals surface area contributed by atoms with E-state index in [4.69, 9.17) is 16.3 Å². The molecule has 1 aromatic heterocycles. The van der Waals surface area contributed by atoms with Gasteiger partial charge in [-0.3, -0.25) is 4.98 Å². The smallest absolute Gasteiger partial charge is 0.0820 e. The van der Waals surface area contributed by atoms with Crippen LogP contribution in [0.1, 0.15) is 20.3 Å². The van der Waals surface area contributed by atoms with Gasteiger partial charge in [-0.2, -0.15) is 0 Å². The van der Waals surface area contributed by atoms with Crippen molar-refractivity contribution in [2.75, 3.05) is 11.9 Å². The highest BCUT2D eigenvalue weighted by atomic mass is 35.5. The zero-order valence-electron chi connectivity index (χ0n) is 8.96. The average molecular weight is 227 g/mol. The van der Waals surface area contributed by atoms with Gasteiger partial charge in [-0.1, -0.05) is 11.6 Å².